The van der Waals surface area contributed by atoms with Crippen LogP contribution in [0, 0.1) is 18.3 Å². The van der Waals surface area contributed by atoms with E-state index >= 15 is 0 Å². The number of nitrogens with zero attached hydrogens (tertiary/aromatic N) is 1. The summed E-state index contributed by atoms with van der Waals surface area (Å²) in [6.07, 6.45) is -0.268. The molecule has 2 N–H and O–H groups in total. The first-order valence-corrected chi connectivity index (χ1v) is 7.49. The first-order valence-electron chi connectivity index (χ1n) is 6.69. The molecule has 0 heterocycles. The van der Waals surface area contributed by atoms with Gasteiger partial charge in [0, 0.05) is 10.5 Å². The van der Waals surface area contributed by atoms with E-state index in [-0.39, 0.29) is 12.1 Å². The van der Waals surface area contributed by atoms with E-state index in [1.54, 1.807) is 12.1 Å². The van der Waals surface area contributed by atoms with E-state index in [9.17, 15) is 0 Å². The Kier molecular flexibility index (Phi) is 5.00. The third-order valence-corrected chi connectivity index (χ3v) is 3.72. The van der Waals surface area contributed by atoms with Crippen LogP contribution in [0.5, 0.6) is 5.75 Å². The molecular weight excluding hydrogens is 328 g/mol. The van der Waals surface area contributed by atoms with Crippen molar-refractivity contribution in [3.05, 3.63) is 63.6 Å². The van der Waals surface area contributed by atoms with Crippen molar-refractivity contribution in [2.45, 2.75) is 26.0 Å². The number of nitriles is 1. The topological polar surface area (TPSA) is 59.0 Å². The van der Waals surface area contributed by atoms with Crippen LogP contribution in [0.1, 0.15) is 29.7 Å². The van der Waals surface area contributed by atoms with Gasteiger partial charge in [0.1, 0.15) is 11.9 Å². The summed E-state index contributed by atoms with van der Waals surface area (Å²) in [5, 5.41) is 9.01. The zero-order valence-electron chi connectivity index (χ0n) is 12.0. The van der Waals surface area contributed by atoms with E-state index in [1.807, 2.05) is 44.2 Å². The molecule has 2 aromatic carbocycles. The summed E-state index contributed by atoms with van der Waals surface area (Å²) in [6, 6.07) is 15.3. The summed E-state index contributed by atoms with van der Waals surface area (Å²) in [6.45, 7) is 3.87. The maximum atomic E-state index is 9.01. The molecule has 0 bridgehead atoms. The maximum Gasteiger partial charge on any atom is 0.139 e. The van der Waals surface area contributed by atoms with Crippen LogP contribution in [-0.4, -0.2) is 6.04 Å². The van der Waals surface area contributed by atoms with E-state index in [4.69, 9.17) is 15.7 Å². The predicted octanol–water partition coefficient (Wildman–Crippen LogP) is 4.10. The molecule has 0 amide bonds. The molecule has 4 heteroatoms. The van der Waals surface area contributed by atoms with Crippen LogP contribution in [0.15, 0.2) is 46.9 Å². The monoisotopic (exact) mass is 344 g/mol. The highest BCUT2D eigenvalue weighted by Gasteiger charge is 2.19. The fraction of sp³-hybridized carbons (Fsp3) is 0.235. The molecule has 108 valence electrons. The van der Waals surface area contributed by atoms with Crippen LogP contribution < -0.4 is 10.5 Å². The Morgan fingerprint density at radius 1 is 1.24 bits per heavy atom. The third-order valence-electron chi connectivity index (χ3n) is 3.23. The van der Waals surface area contributed by atoms with Gasteiger partial charge in [0.2, 0.25) is 0 Å². The zero-order chi connectivity index (χ0) is 15.4. The molecule has 0 aromatic heterocycles. The quantitative estimate of drug-likeness (QED) is 0.908. The van der Waals surface area contributed by atoms with E-state index in [0.29, 0.717) is 11.3 Å². The van der Waals surface area contributed by atoms with Crippen molar-refractivity contribution in [2.24, 2.45) is 5.73 Å². The number of halogens is 1. The average Bonchev–Trinajstić information content (AvgIpc) is 2.46. The van der Waals surface area contributed by atoms with Crippen molar-refractivity contribution >= 4 is 15.9 Å². The molecule has 0 radical (unpaired) electrons. The van der Waals surface area contributed by atoms with Crippen molar-refractivity contribution in [2.75, 3.05) is 0 Å². The van der Waals surface area contributed by atoms with Gasteiger partial charge in [0.15, 0.2) is 0 Å². The Labute approximate surface area is 133 Å². The molecule has 0 spiro atoms. The highest BCUT2D eigenvalue weighted by molar-refractivity contribution is 9.10. The Hall–Kier alpha value is -1.83. The fourth-order valence-electron chi connectivity index (χ4n) is 2.10. The van der Waals surface area contributed by atoms with Crippen molar-refractivity contribution < 1.29 is 4.74 Å². The summed E-state index contributed by atoms with van der Waals surface area (Å²) in [5.41, 5.74) is 8.64. The molecule has 0 aliphatic rings. The first-order chi connectivity index (χ1) is 10.0. The molecule has 0 saturated carbocycles. The SMILES string of the molecule is Cc1ccc(C#N)cc1OC(c1cccc(Br)c1)C(C)N. The zero-order valence-corrected chi connectivity index (χ0v) is 13.6. The number of nitrogens with two attached hydrogens (primary N) is 1. The molecular formula is C17H17BrN2O. The van der Waals surface area contributed by atoms with Crippen LogP contribution in [0.3, 0.4) is 0 Å². The maximum absolute atomic E-state index is 9.01. The molecule has 2 rings (SSSR count). The Morgan fingerprint density at radius 3 is 2.62 bits per heavy atom. The molecule has 2 atom stereocenters. The minimum atomic E-state index is -0.268. The molecule has 3 nitrogen and oxygen atoms in total. The second-order valence-corrected chi connectivity index (χ2v) is 5.96. The number of ether oxygens (including phenoxy) is 1. The summed E-state index contributed by atoms with van der Waals surface area (Å²) >= 11 is 3.46. The lowest BCUT2D eigenvalue weighted by Crippen LogP contribution is -2.29. The minimum absolute atomic E-state index is 0.176. The van der Waals surface area contributed by atoms with Gasteiger partial charge in [-0.2, -0.15) is 5.26 Å². The lowest BCUT2D eigenvalue weighted by Gasteiger charge is -2.24. The minimum Gasteiger partial charge on any atom is -0.484 e. The van der Waals surface area contributed by atoms with Gasteiger partial charge in [0.05, 0.1) is 11.6 Å². The Morgan fingerprint density at radius 2 is 2.00 bits per heavy atom. The van der Waals surface area contributed by atoms with Crippen LogP contribution in [-0.2, 0) is 0 Å². The molecule has 0 aliphatic carbocycles. The van der Waals surface area contributed by atoms with Crippen molar-refractivity contribution in [1.29, 1.82) is 5.26 Å². The van der Waals surface area contributed by atoms with E-state index in [2.05, 4.69) is 22.0 Å². The van der Waals surface area contributed by atoms with E-state index in [1.165, 1.54) is 0 Å². The second-order valence-electron chi connectivity index (χ2n) is 5.04. The van der Waals surface area contributed by atoms with Crippen LogP contribution in [0.2, 0.25) is 0 Å². The fourth-order valence-corrected chi connectivity index (χ4v) is 2.51. The highest BCUT2D eigenvalue weighted by atomic mass is 79.9. The smallest absolute Gasteiger partial charge is 0.139 e. The number of aryl methyl sites for hydroxylation is 1. The molecule has 0 fully saturated rings. The molecule has 2 unspecified atom stereocenters. The summed E-state index contributed by atoms with van der Waals surface area (Å²) in [7, 11) is 0. The number of hydrogen-bond donors (Lipinski definition) is 1. The largest absolute Gasteiger partial charge is 0.484 e. The van der Waals surface area contributed by atoms with Crippen molar-refractivity contribution in [3.63, 3.8) is 0 Å². The Bertz CT molecular complexity index is 677. The lowest BCUT2D eigenvalue weighted by molar-refractivity contribution is 0.179. The van der Waals surface area contributed by atoms with Gasteiger partial charge in [-0.3, -0.25) is 0 Å². The molecule has 2 aromatic rings. The number of hydrogen-bond acceptors (Lipinski definition) is 3. The number of rotatable bonds is 4. The standard InChI is InChI=1S/C17H17BrN2O/c1-11-6-7-13(10-19)8-16(11)21-17(12(2)20)14-4-3-5-15(18)9-14/h3-9,12,17H,20H2,1-2H3. The van der Waals surface area contributed by atoms with Gasteiger partial charge >= 0.3 is 0 Å². The van der Waals surface area contributed by atoms with Gasteiger partial charge < -0.3 is 10.5 Å². The predicted molar refractivity (Wildman–Crippen MR) is 87.1 cm³/mol. The van der Waals surface area contributed by atoms with E-state index < -0.39 is 0 Å². The lowest BCUT2D eigenvalue weighted by atomic mass is 10.0. The third kappa shape index (κ3) is 3.84. The molecule has 0 saturated heterocycles. The van der Waals surface area contributed by atoms with Gasteiger partial charge in [-0.05, 0) is 49.2 Å². The summed E-state index contributed by atoms with van der Waals surface area (Å²) in [5.74, 6) is 0.691. The van der Waals surface area contributed by atoms with Gasteiger partial charge in [-0.15, -0.1) is 0 Å². The van der Waals surface area contributed by atoms with Gasteiger partial charge in [0.25, 0.3) is 0 Å². The summed E-state index contributed by atoms with van der Waals surface area (Å²) < 4.78 is 7.08. The van der Waals surface area contributed by atoms with E-state index in [0.717, 1.165) is 15.6 Å². The second kappa shape index (κ2) is 6.75. The van der Waals surface area contributed by atoms with Crippen molar-refractivity contribution in [1.82, 2.24) is 0 Å². The van der Waals surface area contributed by atoms with Gasteiger partial charge in [-0.25, -0.2) is 0 Å². The molecule has 0 aliphatic heterocycles. The van der Waals surface area contributed by atoms with Crippen LogP contribution in [0.4, 0.5) is 0 Å². The Balaban J connectivity index is 2.35. The first kappa shape index (κ1) is 15.6. The normalized spacial score (nSPS) is 13.3. The van der Waals surface area contributed by atoms with Gasteiger partial charge in [-0.1, -0.05) is 34.1 Å². The number of benzene rings is 2. The summed E-state index contributed by atoms with van der Waals surface area (Å²) in [4.78, 5) is 0. The van der Waals surface area contributed by atoms with Crippen LogP contribution in [0.25, 0.3) is 0 Å². The van der Waals surface area contributed by atoms with Crippen molar-refractivity contribution in [3.8, 4) is 11.8 Å². The van der Waals surface area contributed by atoms with Crippen LogP contribution >= 0.6 is 15.9 Å². The molecule has 21 heavy (non-hydrogen) atoms. The average molecular weight is 345 g/mol. The highest BCUT2D eigenvalue weighted by Crippen LogP contribution is 2.29.